The van der Waals surface area contributed by atoms with E-state index < -0.39 is 17.7 Å². The molecule has 1 rings (SSSR count). The number of rotatable bonds is 5. The van der Waals surface area contributed by atoms with Gasteiger partial charge in [0.05, 0.1) is 12.7 Å². The minimum Gasteiger partial charge on any atom is -0.389 e. The Hall–Kier alpha value is -1.20. The second-order valence-corrected chi connectivity index (χ2v) is 3.54. The van der Waals surface area contributed by atoms with Gasteiger partial charge in [-0.1, -0.05) is 6.07 Å². The zero-order valence-corrected chi connectivity index (χ0v) is 9.26. The highest BCUT2D eigenvalue weighted by Crippen LogP contribution is 2.21. The van der Waals surface area contributed by atoms with E-state index >= 15 is 0 Å². The number of anilines is 1. The summed E-state index contributed by atoms with van der Waals surface area (Å²) in [6.07, 6.45) is -0.802. The molecule has 0 saturated carbocycles. The van der Waals surface area contributed by atoms with Crippen LogP contribution in [-0.4, -0.2) is 31.5 Å². The lowest BCUT2D eigenvalue weighted by atomic mass is 10.2. The van der Waals surface area contributed by atoms with Crippen molar-refractivity contribution in [2.75, 3.05) is 25.6 Å². The maximum Gasteiger partial charge on any atom is 0.152 e. The summed E-state index contributed by atoms with van der Waals surface area (Å²) in [5.74, 6) is -1.31. The van der Waals surface area contributed by atoms with Crippen LogP contribution in [0.25, 0.3) is 0 Å². The fraction of sp³-hybridized carbons (Fsp3) is 0.455. The highest BCUT2D eigenvalue weighted by atomic mass is 19.1. The molecule has 3 nitrogen and oxygen atoms in total. The Kier molecular flexibility index (Phi) is 4.64. The number of aryl methyl sites for hydroxylation is 1. The lowest BCUT2D eigenvalue weighted by Crippen LogP contribution is -2.25. The predicted molar refractivity (Wildman–Crippen MR) is 57.5 cm³/mol. The molecule has 1 atom stereocenters. The number of halogens is 2. The van der Waals surface area contributed by atoms with Crippen LogP contribution in [-0.2, 0) is 4.74 Å². The van der Waals surface area contributed by atoms with Crippen molar-refractivity contribution < 1.29 is 18.6 Å². The minimum absolute atomic E-state index is 0.0329. The molecule has 0 saturated heterocycles. The van der Waals surface area contributed by atoms with Crippen LogP contribution in [0.5, 0.6) is 0 Å². The normalized spacial score (nSPS) is 12.6. The first-order chi connectivity index (χ1) is 7.56. The fourth-order valence-electron chi connectivity index (χ4n) is 1.29. The van der Waals surface area contributed by atoms with Crippen molar-refractivity contribution in [3.05, 3.63) is 29.3 Å². The molecule has 0 heterocycles. The molecule has 0 aliphatic carbocycles. The first-order valence-corrected chi connectivity index (χ1v) is 4.91. The van der Waals surface area contributed by atoms with Crippen molar-refractivity contribution in [1.29, 1.82) is 0 Å². The molecular formula is C11H15F2NO2. The van der Waals surface area contributed by atoms with Gasteiger partial charge < -0.3 is 15.2 Å². The van der Waals surface area contributed by atoms with Crippen LogP contribution in [0.3, 0.4) is 0 Å². The number of nitrogens with one attached hydrogen (secondary N) is 1. The Balaban J connectivity index is 2.70. The van der Waals surface area contributed by atoms with Crippen LogP contribution in [0.4, 0.5) is 14.5 Å². The molecule has 90 valence electrons. The van der Waals surface area contributed by atoms with Gasteiger partial charge >= 0.3 is 0 Å². The summed E-state index contributed by atoms with van der Waals surface area (Å²) in [6.45, 7) is 1.69. The van der Waals surface area contributed by atoms with E-state index in [1.807, 2.05) is 0 Å². The summed E-state index contributed by atoms with van der Waals surface area (Å²) < 4.78 is 31.4. The van der Waals surface area contributed by atoms with Gasteiger partial charge in [0, 0.05) is 13.7 Å². The lowest BCUT2D eigenvalue weighted by molar-refractivity contribution is 0.0727. The third-order valence-electron chi connectivity index (χ3n) is 2.16. The molecule has 1 aromatic rings. The van der Waals surface area contributed by atoms with E-state index in [2.05, 4.69) is 5.32 Å². The summed E-state index contributed by atoms with van der Waals surface area (Å²) >= 11 is 0. The summed E-state index contributed by atoms with van der Waals surface area (Å²) in [5, 5.41) is 11.9. The number of methoxy groups -OCH3 is 1. The lowest BCUT2D eigenvalue weighted by Gasteiger charge is -2.13. The zero-order valence-electron chi connectivity index (χ0n) is 9.26. The molecule has 0 fully saturated rings. The molecule has 5 heteroatoms. The number of ether oxygens (including phenoxy) is 1. The number of hydrogen-bond donors (Lipinski definition) is 2. The van der Waals surface area contributed by atoms with Crippen LogP contribution in [0.2, 0.25) is 0 Å². The van der Waals surface area contributed by atoms with E-state index in [1.54, 1.807) is 6.92 Å². The number of benzene rings is 1. The van der Waals surface area contributed by atoms with Crippen LogP contribution >= 0.6 is 0 Å². The number of aliphatic hydroxyl groups is 1. The van der Waals surface area contributed by atoms with Gasteiger partial charge in [-0.05, 0) is 18.6 Å². The monoisotopic (exact) mass is 231 g/mol. The Morgan fingerprint density at radius 3 is 2.75 bits per heavy atom. The summed E-state index contributed by atoms with van der Waals surface area (Å²) in [6, 6.07) is 2.55. The van der Waals surface area contributed by atoms with E-state index in [-0.39, 0.29) is 18.8 Å². The van der Waals surface area contributed by atoms with Gasteiger partial charge in [-0.25, -0.2) is 8.78 Å². The summed E-state index contributed by atoms with van der Waals surface area (Å²) in [5.41, 5.74) is 0.139. The molecule has 0 spiro atoms. The predicted octanol–water partition coefficient (Wildman–Crippen LogP) is 1.69. The van der Waals surface area contributed by atoms with Crippen molar-refractivity contribution in [3.63, 3.8) is 0 Å². The van der Waals surface area contributed by atoms with E-state index in [4.69, 9.17) is 4.74 Å². The van der Waals surface area contributed by atoms with Crippen LogP contribution in [0, 0.1) is 18.6 Å². The highest BCUT2D eigenvalue weighted by Gasteiger charge is 2.12. The van der Waals surface area contributed by atoms with Gasteiger partial charge in [-0.2, -0.15) is 0 Å². The summed E-state index contributed by atoms with van der Waals surface area (Å²) in [7, 11) is 1.44. The maximum atomic E-state index is 13.5. The van der Waals surface area contributed by atoms with Crippen molar-refractivity contribution in [1.82, 2.24) is 0 Å². The maximum absolute atomic E-state index is 13.5. The van der Waals surface area contributed by atoms with Crippen LogP contribution in [0.15, 0.2) is 12.1 Å². The summed E-state index contributed by atoms with van der Waals surface area (Å²) in [4.78, 5) is 0. The van der Waals surface area contributed by atoms with E-state index in [0.29, 0.717) is 5.56 Å². The molecule has 1 aromatic carbocycles. The Labute approximate surface area is 93.0 Å². The third kappa shape index (κ3) is 3.15. The molecular weight excluding hydrogens is 216 g/mol. The first-order valence-electron chi connectivity index (χ1n) is 4.91. The van der Waals surface area contributed by atoms with E-state index in [0.717, 1.165) is 0 Å². The zero-order chi connectivity index (χ0) is 12.1. The topological polar surface area (TPSA) is 41.5 Å². The SMILES string of the molecule is COCC(O)CNc1c(F)ccc(C)c1F. The van der Waals surface area contributed by atoms with Crippen molar-refractivity contribution >= 4 is 5.69 Å². The Bertz CT molecular complexity index is 358. The van der Waals surface area contributed by atoms with Crippen molar-refractivity contribution in [2.45, 2.75) is 13.0 Å². The molecule has 2 N–H and O–H groups in total. The largest absolute Gasteiger partial charge is 0.389 e. The average molecular weight is 231 g/mol. The fourth-order valence-corrected chi connectivity index (χ4v) is 1.29. The molecule has 16 heavy (non-hydrogen) atoms. The van der Waals surface area contributed by atoms with Gasteiger partial charge in [-0.3, -0.25) is 0 Å². The minimum atomic E-state index is -0.802. The van der Waals surface area contributed by atoms with Gasteiger partial charge in [0.2, 0.25) is 0 Å². The molecule has 0 aliphatic heterocycles. The molecule has 0 aromatic heterocycles. The molecule has 0 bridgehead atoms. The van der Waals surface area contributed by atoms with Crippen LogP contribution < -0.4 is 5.32 Å². The van der Waals surface area contributed by atoms with E-state index in [9.17, 15) is 13.9 Å². The molecule has 0 radical (unpaired) electrons. The van der Waals surface area contributed by atoms with Gasteiger partial charge in [0.25, 0.3) is 0 Å². The van der Waals surface area contributed by atoms with Crippen molar-refractivity contribution in [2.24, 2.45) is 0 Å². The molecule has 1 unspecified atom stereocenters. The molecule has 0 amide bonds. The first kappa shape index (κ1) is 12.9. The second-order valence-electron chi connectivity index (χ2n) is 3.54. The second kappa shape index (κ2) is 5.77. The Morgan fingerprint density at radius 1 is 1.44 bits per heavy atom. The van der Waals surface area contributed by atoms with Gasteiger partial charge in [-0.15, -0.1) is 0 Å². The van der Waals surface area contributed by atoms with Gasteiger partial charge in [0.15, 0.2) is 5.82 Å². The van der Waals surface area contributed by atoms with Crippen molar-refractivity contribution in [3.8, 4) is 0 Å². The smallest absolute Gasteiger partial charge is 0.152 e. The highest BCUT2D eigenvalue weighted by molar-refractivity contribution is 5.48. The number of aliphatic hydroxyl groups excluding tert-OH is 1. The standard InChI is InChI=1S/C11H15F2NO2/c1-7-3-4-9(12)11(10(7)13)14-5-8(15)6-16-2/h3-4,8,14-15H,5-6H2,1-2H3. The number of hydrogen-bond acceptors (Lipinski definition) is 3. The third-order valence-corrected chi connectivity index (χ3v) is 2.16. The van der Waals surface area contributed by atoms with Gasteiger partial charge in [0.1, 0.15) is 11.5 Å². The van der Waals surface area contributed by atoms with Crippen LogP contribution in [0.1, 0.15) is 5.56 Å². The quantitative estimate of drug-likeness (QED) is 0.810. The molecule has 0 aliphatic rings. The van der Waals surface area contributed by atoms with E-state index in [1.165, 1.54) is 19.2 Å². The average Bonchev–Trinajstić information content (AvgIpc) is 2.24. The Morgan fingerprint density at radius 2 is 2.12 bits per heavy atom.